The molecule has 1 heterocycles. The van der Waals surface area contributed by atoms with E-state index >= 15 is 0 Å². The predicted molar refractivity (Wildman–Crippen MR) is 58.3 cm³/mol. The Morgan fingerprint density at radius 3 is 2.60 bits per heavy atom. The molecule has 1 rings (SSSR count). The molecule has 5 nitrogen and oxygen atoms in total. The van der Waals surface area contributed by atoms with Crippen LogP contribution in [0.4, 0.5) is 0 Å². The van der Waals surface area contributed by atoms with Crippen molar-refractivity contribution in [2.45, 2.75) is 27.2 Å². The minimum atomic E-state index is -0.0309. The lowest BCUT2D eigenvalue weighted by molar-refractivity contribution is 0.300. The summed E-state index contributed by atoms with van der Waals surface area (Å²) in [7, 11) is 0. The van der Waals surface area contributed by atoms with Crippen LogP contribution in [0.1, 0.15) is 30.2 Å². The molecule has 0 saturated carbocycles. The topological polar surface area (TPSA) is 84.9 Å². The zero-order valence-electron chi connectivity index (χ0n) is 9.29. The van der Waals surface area contributed by atoms with Crippen LogP contribution in [0, 0.1) is 19.3 Å². The Morgan fingerprint density at radius 1 is 1.40 bits per heavy atom. The summed E-state index contributed by atoms with van der Waals surface area (Å²) in [5.41, 5.74) is 7.66. The van der Waals surface area contributed by atoms with Crippen LogP contribution in [-0.2, 0) is 0 Å². The minimum Gasteiger partial charge on any atom is -0.476 e. The first kappa shape index (κ1) is 11.4. The van der Waals surface area contributed by atoms with Gasteiger partial charge < -0.3 is 10.5 Å². The lowest BCUT2D eigenvalue weighted by atomic mass is 10.1. The van der Waals surface area contributed by atoms with Crippen LogP contribution in [0.25, 0.3) is 0 Å². The highest BCUT2D eigenvalue weighted by Crippen LogP contribution is 2.19. The summed E-state index contributed by atoms with van der Waals surface area (Å²) in [6.45, 7) is 6.25. The lowest BCUT2D eigenvalue weighted by Crippen LogP contribution is -2.17. The SMILES string of the molecule is CCCOc1nnc(C)c(C)c1C(=N)N. The van der Waals surface area contributed by atoms with Crippen molar-refractivity contribution in [2.24, 2.45) is 5.73 Å². The van der Waals surface area contributed by atoms with E-state index in [-0.39, 0.29) is 5.84 Å². The van der Waals surface area contributed by atoms with Gasteiger partial charge in [0.1, 0.15) is 5.84 Å². The van der Waals surface area contributed by atoms with Crippen LogP contribution in [0.2, 0.25) is 0 Å². The Bertz CT molecular complexity index is 376. The summed E-state index contributed by atoms with van der Waals surface area (Å²) in [4.78, 5) is 0. The largest absolute Gasteiger partial charge is 0.476 e. The van der Waals surface area contributed by atoms with E-state index in [9.17, 15) is 0 Å². The standard InChI is InChI=1S/C10H16N4O/c1-4-5-15-10-8(9(11)12)6(2)7(3)13-14-10/h4-5H2,1-3H3,(H3,11,12). The van der Waals surface area contributed by atoms with Crippen LogP contribution in [0.15, 0.2) is 0 Å². The van der Waals surface area contributed by atoms with Gasteiger partial charge >= 0.3 is 0 Å². The zero-order chi connectivity index (χ0) is 11.4. The number of ether oxygens (including phenoxy) is 1. The van der Waals surface area contributed by atoms with Crippen molar-refractivity contribution in [3.8, 4) is 5.88 Å². The number of aryl methyl sites for hydroxylation is 1. The van der Waals surface area contributed by atoms with Gasteiger partial charge in [0.05, 0.1) is 17.9 Å². The van der Waals surface area contributed by atoms with Crippen molar-refractivity contribution in [1.82, 2.24) is 10.2 Å². The predicted octanol–water partition coefficient (Wildman–Crippen LogP) is 1.17. The van der Waals surface area contributed by atoms with E-state index in [4.69, 9.17) is 15.9 Å². The van der Waals surface area contributed by atoms with E-state index in [0.29, 0.717) is 18.1 Å². The molecule has 0 aromatic carbocycles. The first-order valence-electron chi connectivity index (χ1n) is 4.89. The highest BCUT2D eigenvalue weighted by molar-refractivity contribution is 5.98. The van der Waals surface area contributed by atoms with Gasteiger partial charge in [-0.05, 0) is 25.8 Å². The second-order valence-electron chi connectivity index (χ2n) is 3.35. The van der Waals surface area contributed by atoms with Gasteiger partial charge in [0.25, 0.3) is 0 Å². The smallest absolute Gasteiger partial charge is 0.244 e. The minimum absolute atomic E-state index is 0.0309. The molecule has 0 spiro atoms. The fourth-order valence-electron chi connectivity index (χ4n) is 1.20. The summed E-state index contributed by atoms with van der Waals surface area (Å²) in [6.07, 6.45) is 0.881. The molecule has 0 aliphatic rings. The van der Waals surface area contributed by atoms with Crippen molar-refractivity contribution in [3.63, 3.8) is 0 Å². The molecule has 15 heavy (non-hydrogen) atoms. The summed E-state index contributed by atoms with van der Waals surface area (Å²) < 4.78 is 5.39. The summed E-state index contributed by atoms with van der Waals surface area (Å²) in [5, 5.41) is 15.3. The molecule has 0 unspecified atom stereocenters. The first-order chi connectivity index (χ1) is 7.07. The van der Waals surface area contributed by atoms with Gasteiger partial charge in [0, 0.05) is 0 Å². The monoisotopic (exact) mass is 208 g/mol. The maximum Gasteiger partial charge on any atom is 0.244 e. The average Bonchev–Trinajstić information content (AvgIpc) is 2.19. The summed E-state index contributed by atoms with van der Waals surface area (Å²) in [5.74, 6) is 0.323. The third-order valence-corrected chi connectivity index (χ3v) is 2.13. The number of nitrogens with two attached hydrogens (primary N) is 1. The Kier molecular flexibility index (Phi) is 3.60. The molecule has 5 heteroatoms. The quantitative estimate of drug-likeness (QED) is 0.574. The van der Waals surface area contributed by atoms with Crippen molar-refractivity contribution < 1.29 is 4.74 Å². The van der Waals surface area contributed by atoms with E-state index in [1.807, 2.05) is 20.8 Å². The van der Waals surface area contributed by atoms with E-state index in [2.05, 4.69) is 10.2 Å². The lowest BCUT2D eigenvalue weighted by Gasteiger charge is -2.11. The van der Waals surface area contributed by atoms with Gasteiger partial charge in [-0.3, -0.25) is 5.41 Å². The number of nitrogens with one attached hydrogen (secondary N) is 1. The number of hydrogen-bond acceptors (Lipinski definition) is 4. The fraction of sp³-hybridized carbons (Fsp3) is 0.500. The molecule has 0 radical (unpaired) electrons. The maximum absolute atomic E-state index is 7.48. The third-order valence-electron chi connectivity index (χ3n) is 2.13. The second kappa shape index (κ2) is 4.72. The molecule has 1 aromatic rings. The van der Waals surface area contributed by atoms with Gasteiger partial charge in [-0.1, -0.05) is 6.92 Å². The van der Waals surface area contributed by atoms with Gasteiger partial charge in [-0.2, -0.15) is 5.10 Å². The number of rotatable bonds is 4. The normalized spacial score (nSPS) is 10.1. The van der Waals surface area contributed by atoms with Gasteiger partial charge in [0.15, 0.2) is 0 Å². The number of nitrogens with zero attached hydrogens (tertiary/aromatic N) is 2. The molecule has 1 aromatic heterocycles. The van der Waals surface area contributed by atoms with E-state index < -0.39 is 0 Å². The first-order valence-corrected chi connectivity index (χ1v) is 4.89. The second-order valence-corrected chi connectivity index (χ2v) is 3.35. The molecule has 0 aliphatic heterocycles. The molecule has 3 N–H and O–H groups in total. The maximum atomic E-state index is 7.48. The molecule has 0 fully saturated rings. The third kappa shape index (κ3) is 2.43. The molecule has 0 atom stereocenters. The molecule has 0 amide bonds. The summed E-state index contributed by atoms with van der Waals surface area (Å²) >= 11 is 0. The van der Waals surface area contributed by atoms with Crippen LogP contribution >= 0.6 is 0 Å². The molecule has 0 saturated heterocycles. The van der Waals surface area contributed by atoms with Crippen LogP contribution in [-0.4, -0.2) is 22.6 Å². The Balaban J connectivity index is 3.15. The van der Waals surface area contributed by atoms with Gasteiger partial charge in [0.2, 0.25) is 5.88 Å². The van der Waals surface area contributed by atoms with Crippen molar-refractivity contribution in [1.29, 1.82) is 5.41 Å². The average molecular weight is 208 g/mol. The van der Waals surface area contributed by atoms with E-state index in [0.717, 1.165) is 17.7 Å². The molecular formula is C10H16N4O. The molecule has 0 bridgehead atoms. The highest BCUT2D eigenvalue weighted by atomic mass is 16.5. The van der Waals surface area contributed by atoms with E-state index in [1.165, 1.54) is 0 Å². The van der Waals surface area contributed by atoms with Crippen LogP contribution < -0.4 is 10.5 Å². The summed E-state index contributed by atoms with van der Waals surface area (Å²) in [6, 6.07) is 0. The molecular weight excluding hydrogens is 192 g/mol. The van der Waals surface area contributed by atoms with Crippen molar-refractivity contribution in [3.05, 3.63) is 16.8 Å². The van der Waals surface area contributed by atoms with E-state index in [1.54, 1.807) is 0 Å². The number of amidine groups is 1. The highest BCUT2D eigenvalue weighted by Gasteiger charge is 2.14. The van der Waals surface area contributed by atoms with Crippen molar-refractivity contribution >= 4 is 5.84 Å². The number of hydrogen-bond donors (Lipinski definition) is 2. The Hall–Kier alpha value is -1.65. The Labute approximate surface area is 89.2 Å². The fourth-order valence-corrected chi connectivity index (χ4v) is 1.20. The van der Waals surface area contributed by atoms with Gasteiger partial charge in [-0.25, -0.2) is 0 Å². The molecule has 0 aliphatic carbocycles. The van der Waals surface area contributed by atoms with Crippen molar-refractivity contribution in [2.75, 3.05) is 6.61 Å². The van der Waals surface area contributed by atoms with Crippen LogP contribution in [0.5, 0.6) is 5.88 Å². The Morgan fingerprint density at radius 2 is 2.07 bits per heavy atom. The van der Waals surface area contributed by atoms with Crippen LogP contribution in [0.3, 0.4) is 0 Å². The van der Waals surface area contributed by atoms with Gasteiger partial charge in [-0.15, -0.1) is 5.10 Å². The number of nitrogen functional groups attached to an aromatic ring is 1. The zero-order valence-corrected chi connectivity index (χ0v) is 9.29. The molecule has 82 valence electrons. The number of aromatic nitrogens is 2.